The molecule has 0 radical (unpaired) electrons. The van der Waals surface area contributed by atoms with E-state index < -0.39 is 5.82 Å². The van der Waals surface area contributed by atoms with Gasteiger partial charge in [-0.1, -0.05) is 24.4 Å². The Hall–Kier alpha value is -2.14. The Morgan fingerprint density at radius 1 is 1.25 bits per heavy atom. The molecule has 0 saturated carbocycles. The Kier molecular flexibility index (Phi) is 4.20. The highest BCUT2D eigenvalue weighted by atomic mass is 32.1. The van der Waals surface area contributed by atoms with Gasteiger partial charge in [0, 0.05) is 18.3 Å². The molecule has 0 aromatic heterocycles. The van der Waals surface area contributed by atoms with Crippen LogP contribution in [-0.2, 0) is 0 Å². The fourth-order valence-corrected chi connectivity index (χ4v) is 2.12. The number of halogens is 1. The molecule has 0 aliphatic carbocycles. The molecule has 5 heteroatoms. The first-order chi connectivity index (χ1) is 9.54. The minimum absolute atomic E-state index is 0.0500. The third kappa shape index (κ3) is 2.72. The number of para-hydroxylation sites is 2. The molecule has 0 saturated heterocycles. The Labute approximate surface area is 122 Å². The molecule has 0 unspecified atom stereocenters. The Bertz CT molecular complexity index is 646. The second kappa shape index (κ2) is 5.88. The molecule has 20 heavy (non-hydrogen) atoms. The number of nitrogens with zero attached hydrogens (tertiary/aromatic N) is 1. The predicted octanol–water partition coefficient (Wildman–Crippen LogP) is 3.24. The van der Waals surface area contributed by atoms with Crippen LogP contribution in [0.1, 0.15) is 5.56 Å². The summed E-state index contributed by atoms with van der Waals surface area (Å²) in [7, 11) is 3.44. The van der Waals surface area contributed by atoms with Crippen LogP contribution < -0.4 is 15.4 Å². The van der Waals surface area contributed by atoms with Gasteiger partial charge in [-0.3, -0.25) is 0 Å². The van der Waals surface area contributed by atoms with Gasteiger partial charge in [0.1, 0.15) is 16.6 Å². The maximum atomic E-state index is 13.9. The van der Waals surface area contributed by atoms with Crippen molar-refractivity contribution < 1.29 is 9.13 Å². The molecule has 0 aliphatic heterocycles. The summed E-state index contributed by atoms with van der Waals surface area (Å²) in [6.07, 6.45) is 0. The standard InChI is InChI=1S/C15H15FN2OS/c1-18(13-5-3-4-6-14(13)19-2)10-7-8-11(15(17)20)12(16)9-10/h3-9H,1-2H3,(H2,17,20). The van der Waals surface area contributed by atoms with Crippen molar-refractivity contribution in [3.63, 3.8) is 0 Å². The van der Waals surface area contributed by atoms with Gasteiger partial charge in [0.2, 0.25) is 0 Å². The lowest BCUT2D eigenvalue weighted by Gasteiger charge is -2.22. The molecule has 0 atom stereocenters. The first-order valence-corrected chi connectivity index (χ1v) is 6.41. The number of methoxy groups -OCH3 is 1. The van der Waals surface area contributed by atoms with Crippen LogP contribution in [0.5, 0.6) is 5.75 Å². The number of benzene rings is 2. The predicted molar refractivity (Wildman–Crippen MR) is 83.3 cm³/mol. The van der Waals surface area contributed by atoms with Crippen molar-refractivity contribution >= 4 is 28.6 Å². The average molecular weight is 290 g/mol. The van der Waals surface area contributed by atoms with Gasteiger partial charge in [-0.25, -0.2) is 4.39 Å². The van der Waals surface area contributed by atoms with E-state index in [0.29, 0.717) is 11.4 Å². The van der Waals surface area contributed by atoms with Crippen molar-refractivity contribution in [1.29, 1.82) is 0 Å². The summed E-state index contributed by atoms with van der Waals surface area (Å²) in [5.74, 6) is 0.283. The number of anilines is 2. The van der Waals surface area contributed by atoms with E-state index in [1.165, 1.54) is 6.07 Å². The van der Waals surface area contributed by atoms with Gasteiger partial charge in [-0.05, 0) is 30.3 Å². The Balaban J connectivity index is 2.41. The number of hydrogen-bond acceptors (Lipinski definition) is 3. The molecule has 2 N–H and O–H groups in total. The van der Waals surface area contributed by atoms with Crippen LogP contribution in [0.15, 0.2) is 42.5 Å². The lowest BCUT2D eigenvalue weighted by Crippen LogP contribution is -2.14. The van der Waals surface area contributed by atoms with E-state index in [1.807, 2.05) is 36.2 Å². The minimum atomic E-state index is -0.434. The molecule has 3 nitrogen and oxygen atoms in total. The van der Waals surface area contributed by atoms with Gasteiger partial charge in [-0.15, -0.1) is 0 Å². The maximum absolute atomic E-state index is 13.9. The first-order valence-electron chi connectivity index (χ1n) is 6.00. The number of nitrogens with two attached hydrogens (primary N) is 1. The van der Waals surface area contributed by atoms with E-state index in [4.69, 9.17) is 22.7 Å². The number of rotatable bonds is 4. The Morgan fingerprint density at radius 2 is 1.95 bits per heavy atom. The van der Waals surface area contributed by atoms with E-state index >= 15 is 0 Å². The van der Waals surface area contributed by atoms with Gasteiger partial charge in [0.25, 0.3) is 0 Å². The highest BCUT2D eigenvalue weighted by Crippen LogP contribution is 2.32. The quantitative estimate of drug-likeness (QED) is 0.877. The van der Waals surface area contributed by atoms with Crippen molar-refractivity contribution in [2.24, 2.45) is 5.73 Å². The molecule has 2 aromatic carbocycles. The molecule has 0 amide bonds. The normalized spacial score (nSPS) is 10.2. The maximum Gasteiger partial charge on any atom is 0.142 e. The lowest BCUT2D eigenvalue weighted by molar-refractivity contribution is 0.415. The zero-order valence-corrected chi connectivity index (χ0v) is 12.1. The summed E-state index contributed by atoms with van der Waals surface area (Å²) in [5.41, 5.74) is 7.23. The van der Waals surface area contributed by atoms with Crippen molar-refractivity contribution in [3.8, 4) is 5.75 Å². The van der Waals surface area contributed by atoms with E-state index in [1.54, 1.807) is 19.2 Å². The van der Waals surface area contributed by atoms with Crippen LogP contribution in [0.25, 0.3) is 0 Å². The topological polar surface area (TPSA) is 38.5 Å². The van der Waals surface area contributed by atoms with Crippen LogP contribution in [0, 0.1) is 5.82 Å². The zero-order chi connectivity index (χ0) is 14.7. The van der Waals surface area contributed by atoms with Crippen LogP contribution in [0.3, 0.4) is 0 Å². The van der Waals surface area contributed by atoms with Crippen molar-refractivity contribution in [2.75, 3.05) is 19.1 Å². The van der Waals surface area contributed by atoms with Crippen molar-refractivity contribution in [3.05, 3.63) is 53.8 Å². The number of ether oxygens (including phenoxy) is 1. The zero-order valence-electron chi connectivity index (χ0n) is 11.3. The van der Waals surface area contributed by atoms with Crippen LogP contribution >= 0.6 is 12.2 Å². The van der Waals surface area contributed by atoms with Gasteiger partial charge < -0.3 is 15.4 Å². The minimum Gasteiger partial charge on any atom is -0.495 e. The molecule has 104 valence electrons. The molecule has 0 aliphatic rings. The van der Waals surface area contributed by atoms with Gasteiger partial charge in [-0.2, -0.15) is 0 Å². The van der Waals surface area contributed by atoms with Crippen molar-refractivity contribution in [1.82, 2.24) is 0 Å². The van der Waals surface area contributed by atoms with E-state index in [-0.39, 0.29) is 10.6 Å². The largest absolute Gasteiger partial charge is 0.495 e. The summed E-state index contributed by atoms with van der Waals surface area (Å²) < 4.78 is 19.2. The van der Waals surface area contributed by atoms with Crippen LogP contribution in [-0.4, -0.2) is 19.1 Å². The fraction of sp³-hybridized carbons (Fsp3) is 0.133. The fourth-order valence-electron chi connectivity index (χ4n) is 1.96. The highest BCUT2D eigenvalue weighted by molar-refractivity contribution is 7.80. The monoisotopic (exact) mass is 290 g/mol. The van der Waals surface area contributed by atoms with Crippen LogP contribution in [0.4, 0.5) is 15.8 Å². The SMILES string of the molecule is COc1ccccc1N(C)c1ccc(C(N)=S)c(F)c1. The van der Waals surface area contributed by atoms with E-state index in [0.717, 1.165) is 5.69 Å². The first kappa shape index (κ1) is 14.3. The smallest absolute Gasteiger partial charge is 0.142 e. The molecule has 0 spiro atoms. The molecular weight excluding hydrogens is 275 g/mol. The summed E-state index contributed by atoms with van der Waals surface area (Å²) in [4.78, 5) is 1.89. The third-order valence-corrected chi connectivity index (χ3v) is 3.27. The number of thiocarbonyl (C=S) groups is 1. The van der Waals surface area contributed by atoms with Gasteiger partial charge in [0.05, 0.1) is 12.8 Å². The second-order valence-corrected chi connectivity index (χ2v) is 4.70. The van der Waals surface area contributed by atoms with Gasteiger partial charge >= 0.3 is 0 Å². The van der Waals surface area contributed by atoms with Gasteiger partial charge in [0.15, 0.2) is 0 Å². The molecule has 2 aromatic rings. The summed E-state index contributed by atoms with van der Waals surface area (Å²) in [6.45, 7) is 0. The summed E-state index contributed by atoms with van der Waals surface area (Å²) >= 11 is 4.80. The lowest BCUT2D eigenvalue weighted by atomic mass is 10.1. The molecular formula is C15H15FN2OS. The van der Waals surface area contributed by atoms with Crippen molar-refractivity contribution in [2.45, 2.75) is 0 Å². The summed E-state index contributed by atoms with van der Waals surface area (Å²) in [6, 6.07) is 12.3. The highest BCUT2D eigenvalue weighted by Gasteiger charge is 2.12. The molecule has 0 heterocycles. The average Bonchev–Trinajstić information content (AvgIpc) is 2.45. The van der Waals surface area contributed by atoms with Crippen LogP contribution in [0.2, 0.25) is 0 Å². The second-order valence-electron chi connectivity index (χ2n) is 4.26. The molecule has 2 rings (SSSR count). The summed E-state index contributed by atoms with van der Waals surface area (Å²) in [5, 5.41) is 0. The molecule has 0 fully saturated rings. The third-order valence-electron chi connectivity index (χ3n) is 3.05. The molecule has 0 bridgehead atoms. The van der Waals surface area contributed by atoms with E-state index in [9.17, 15) is 4.39 Å². The van der Waals surface area contributed by atoms with E-state index in [2.05, 4.69) is 0 Å². The number of hydrogen-bond donors (Lipinski definition) is 1. The Morgan fingerprint density at radius 3 is 2.55 bits per heavy atom.